The first-order chi connectivity index (χ1) is 9.85. The van der Waals surface area contributed by atoms with Gasteiger partial charge in [0, 0.05) is 38.6 Å². The van der Waals surface area contributed by atoms with E-state index < -0.39 is 0 Å². The number of nitrogens with two attached hydrogens (primary N) is 1. The lowest BCUT2D eigenvalue weighted by Crippen LogP contribution is -2.36. The van der Waals surface area contributed by atoms with Gasteiger partial charge in [0.1, 0.15) is 18.2 Å². The van der Waals surface area contributed by atoms with Gasteiger partial charge in [-0.2, -0.15) is 0 Å². The molecule has 20 heavy (non-hydrogen) atoms. The summed E-state index contributed by atoms with van der Waals surface area (Å²) in [7, 11) is 0. The molecule has 0 amide bonds. The summed E-state index contributed by atoms with van der Waals surface area (Å²) in [6, 6.07) is 7.97. The van der Waals surface area contributed by atoms with Crippen molar-refractivity contribution in [2.24, 2.45) is 5.73 Å². The number of ether oxygens (including phenoxy) is 1. The first-order valence-electron chi connectivity index (χ1n) is 6.99. The zero-order valence-corrected chi connectivity index (χ0v) is 11.5. The van der Waals surface area contributed by atoms with Crippen molar-refractivity contribution < 1.29 is 4.74 Å². The lowest BCUT2D eigenvalue weighted by molar-refractivity contribution is 0.175. The molecule has 5 heteroatoms. The molecule has 0 fully saturated rings. The largest absolute Gasteiger partial charge is 0.492 e. The van der Waals surface area contributed by atoms with Crippen molar-refractivity contribution in [3.63, 3.8) is 0 Å². The van der Waals surface area contributed by atoms with Crippen molar-refractivity contribution in [2.45, 2.75) is 19.6 Å². The minimum Gasteiger partial charge on any atom is -0.492 e. The normalized spacial score (nSPS) is 15.1. The predicted molar refractivity (Wildman–Crippen MR) is 77.3 cm³/mol. The molecular weight excluding hydrogens is 252 g/mol. The van der Waals surface area contributed by atoms with Crippen LogP contribution < -0.4 is 10.5 Å². The van der Waals surface area contributed by atoms with E-state index in [4.69, 9.17) is 10.5 Å². The van der Waals surface area contributed by atoms with Gasteiger partial charge in [0.05, 0.1) is 6.54 Å². The molecule has 1 aliphatic heterocycles. The Kier molecular flexibility index (Phi) is 3.99. The molecule has 1 aromatic heterocycles. The quantitative estimate of drug-likeness (QED) is 0.889. The number of fused-ring (bicyclic) bond motifs is 1. The van der Waals surface area contributed by atoms with Crippen molar-refractivity contribution >= 4 is 0 Å². The molecule has 0 unspecified atom stereocenters. The summed E-state index contributed by atoms with van der Waals surface area (Å²) in [5.41, 5.74) is 6.70. The van der Waals surface area contributed by atoms with Crippen LogP contribution in [0.4, 0.5) is 0 Å². The van der Waals surface area contributed by atoms with Gasteiger partial charge in [-0.1, -0.05) is 12.1 Å². The summed E-state index contributed by atoms with van der Waals surface area (Å²) >= 11 is 0. The summed E-state index contributed by atoms with van der Waals surface area (Å²) in [6.07, 6.45) is 3.91. The second-order valence-electron chi connectivity index (χ2n) is 5.01. The fourth-order valence-electron chi connectivity index (χ4n) is 2.43. The molecule has 1 aromatic carbocycles. The summed E-state index contributed by atoms with van der Waals surface area (Å²) in [5, 5.41) is 0. The van der Waals surface area contributed by atoms with Crippen molar-refractivity contribution in [1.82, 2.24) is 14.5 Å². The molecule has 106 valence electrons. The van der Waals surface area contributed by atoms with Crippen LogP contribution in [0.25, 0.3) is 0 Å². The number of hydrogen-bond acceptors (Lipinski definition) is 4. The van der Waals surface area contributed by atoms with E-state index in [1.165, 1.54) is 0 Å². The van der Waals surface area contributed by atoms with Gasteiger partial charge in [-0.05, 0) is 17.7 Å². The highest BCUT2D eigenvalue weighted by molar-refractivity contribution is 5.27. The van der Waals surface area contributed by atoms with E-state index in [9.17, 15) is 0 Å². The van der Waals surface area contributed by atoms with E-state index in [0.29, 0.717) is 13.2 Å². The molecular formula is C15H20N4O. The van der Waals surface area contributed by atoms with E-state index in [1.807, 2.05) is 36.7 Å². The van der Waals surface area contributed by atoms with Gasteiger partial charge in [0.2, 0.25) is 0 Å². The van der Waals surface area contributed by atoms with Crippen LogP contribution in [0.2, 0.25) is 0 Å². The molecule has 2 heterocycles. The maximum Gasteiger partial charge on any atom is 0.122 e. The Balaban J connectivity index is 1.46. The summed E-state index contributed by atoms with van der Waals surface area (Å²) < 4.78 is 7.98. The third-order valence-corrected chi connectivity index (χ3v) is 3.66. The highest BCUT2D eigenvalue weighted by Gasteiger charge is 2.15. The monoisotopic (exact) mass is 272 g/mol. The molecule has 0 bridgehead atoms. The summed E-state index contributed by atoms with van der Waals surface area (Å²) in [5.74, 6) is 2.05. The van der Waals surface area contributed by atoms with Gasteiger partial charge < -0.3 is 15.0 Å². The second-order valence-corrected chi connectivity index (χ2v) is 5.01. The maximum atomic E-state index is 5.77. The van der Waals surface area contributed by atoms with E-state index in [2.05, 4.69) is 14.5 Å². The SMILES string of the molecule is NCc1ccc(OCCN2CCn3ccnc3C2)cc1. The van der Waals surface area contributed by atoms with Gasteiger partial charge in [-0.25, -0.2) is 4.98 Å². The standard InChI is InChI=1S/C15H20N4O/c16-11-13-1-3-14(4-2-13)20-10-9-18-7-8-19-6-5-17-15(19)12-18/h1-6H,7-12,16H2. The average molecular weight is 272 g/mol. The zero-order valence-electron chi connectivity index (χ0n) is 11.5. The van der Waals surface area contributed by atoms with E-state index in [1.54, 1.807) is 0 Å². The van der Waals surface area contributed by atoms with E-state index in [0.717, 1.165) is 43.3 Å². The Morgan fingerprint density at radius 1 is 1.20 bits per heavy atom. The Hall–Kier alpha value is -1.85. The van der Waals surface area contributed by atoms with Gasteiger partial charge >= 0.3 is 0 Å². The molecule has 0 saturated heterocycles. The second kappa shape index (κ2) is 6.07. The van der Waals surface area contributed by atoms with Crippen molar-refractivity contribution in [3.8, 4) is 5.75 Å². The maximum absolute atomic E-state index is 5.77. The van der Waals surface area contributed by atoms with Gasteiger partial charge in [-0.15, -0.1) is 0 Å². The summed E-state index contributed by atoms with van der Waals surface area (Å²) in [6.45, 7) is 5.16. The van der Waals surface area contributed by atoms with E-state index in [-0.39, 0.29) is 0 Å². The molecule has 0 radical (unpaired) electrons. The van der Waals surface area contributed by atoms with Crippen LogP contribution >= 0.6 is 0 Å². The van der Waals surface area contributed by atoms with Crippen LogP contribution in [0.5, 0.6) is 5.75 Å². The highest BCUT2D eigenvalue weighted by atomic mass is 16.5. The molecule has 0 aliphatic carbocycles. The van der Waals surface area contributed by atoms with Crippen molar-refractivity contribution in [3.05, 3.63) is 48.0 Å². The van der Waals surface area contributed by atoms with Crippen LogP contribution in [0.1, 0.15) is 11.4 Å². The van der Waals surface area contributed by atoms with Gasteiger partial charge in [0.25, 0.3) is 0 Å². The fraction of sp³-hybridized carbons (Fsp3) is 0.400. The smallest absolute Gasteiger partial charge is 0.122 e. The lowest BCUT2D eigenvalue weighted by Gasteiger charge is -2.27. The molecule has 0 atom stereocenters. The molecule has 2 N–H and O–H groups in total. The first kappa shape index (κ1) is 13.1. The third kappa shape index (κ3) is 3.00. The topological polar surface area (TPSA) is 56.3 Å². The Bertz CT molecular complexity index is 549. The highest BCUT2D eigenvalue weighted by Crippen LogP contribution is 2.13. The van der Waals surface area contributed by atoms with Crippen molar-refractivity contribution in [2.75, 3.05) is 19.7 Å². The van der Waals surface area contributed by atoms with E-state index >= 15 is 0 Å². The Morgan fingerprint density at radius 2 is 2.05 bits per heavy atom. The molecule has 0 saturated carbocycles. The lowest BCUT2D eigenvalue weighted by atomic mass is 10.2. The first-order valence-corrected chi connectivity index (χ1v) is 6.99. The van der Waals surface area contributed by atoms with Crippen LogP contribution in [-0.2, 0) is 19.6 Å². The fourth-order valence-corrected chi connectivity index (χ4v) is 2.43. The zero-order chi connectivity index (χ0) is 13.8. The third-order valence-electron chi connectivity index (χ3n) is 3.66. The van der Waals surface area contributed by atoms with Crippen LogP contribution in [0, 0.1) is 0 Å². The summed E-state index contributed by atoms with van der Waals surface area (Å²) in [4.78, 5) is 6.73. The van der Waals surface area contributed by atoms with Crippen molar-refractivity contribution in [1.29, 1.82) is 0 Å². The molecule has 1 aliphatic rings. The van der Waals surface area contributed by atoms with Gasteiger partial charge in [0.15, 0.2) is 0 Å². The molecule has 0 spiro atoms. The van der Waals surface area contributed by atoms with Crippen LogP contribution in [0.15, 0.2) is 36.7 Å². The number of nitrogens with zero attached hydrogens (tertiary/aromatic N) is 3. The molecule has 3 rings (SSSR count). The van der Waals surface area contributed by atoms with Crippen LogP contribution in [0.3, 0.4) is 0 Å². The predicted octanol–water partition coefficient (Wildman–Crippen LogP) is 1.24. The Labute approximate surface area is 119 Å². The van der Waals surface area contributed by atoms with Gasteiger partial charge in [-0.3, -0.25) is 4.90 Å². The minimum absolute atomic E-state index is 0.570. The number of benzene rings is 1. The van der Waals surface area contributed by atoms with Crippen LogP contribution in [-0.4, -0.2) is 34.1 Å². The number of hydrogen-bond donors (Lipinski definition) is 1. The number of aromatic nitrogens is 2. The minimum atomic E-state index is 0.570. The number of imidazole rings is 1. The average Bonchev–Trinajstić information content (AvgIpc) is 2.95. The Morgan fingerprint density at radius 3 is 2.85 bits per heavy atom. The molecule has 5 nitrogen and oxygen atoms in total. The molecule has 2 aromatic rings. The number of rotatable bonds is 5.